The van der Waals surface area contributed by atoms with E-state index in [9.17, 15) is 0 Å². The molecule has 1 unspecified atom stereocenters. The number of benzene rings is 1. The summed E-state index contributed by atoms with van der Waals surface area (Å²) >= 11 is 0. The molecule has 0 aliphatic heterocycles. The van der Waals surface area contributed by atoms with Crippen LogP contribution in [0.1, 0.15) is 32.4 Å². The largest absolute Gasteiger partial charge is 0.380 e. The van der Waals surface area contributed by atoms with Gasteiger partial charge in [0.05, 0.1) is 5.56 Å². The number of nitrogens with two attached hydrogens (primary N) is 1. The van der Waals surface area contributed by atoms with Gasteiger partial charge in [0.15, 0.2) is 5.82 Å². The highest BCUT2D eigenvalue weighted by atomic mass is 16.5. The van der Waals surface area contributed by atoms with Crippen LogP contribution in [0.5, 0.6) is 0 Å². The topological polar surface area (TPSA) is 52.0 Å². The molecule has 0 bridgehead atoms. The van der Waals surface area contributed by atoms with E-state index in [0.717, 1.165) is 16.9 Å². The van der Waals surface area contributed by atoms with E-state index in [0.29, 0.717) is 17.7 Å². The van der Waals surface area contributed by atoms with Gasteiger partial charge in [-0.05, 0) is 11.5 Å². The molecule has 0 radical (unpaired) electrons. The number of aromatic nitrogens is 1. The molecule has 0 amide bonds. The first-order chi connectivity index (χ1) is 8.11. The number of rotatable bonds is 3. The summed E-state index contributed by atoms with van der Waals surface area (Å²) in [5.41, 5.74) is 7.91. The van der Waals surface area contributed by atoms with Crippen LogP contribution < -0.4 is 5.73 Å². The lowest BCUT2D eigenvalue weighted by Crippen LogP contribution is -2.02. The Morgan fingerprint density at radius 1 is 1.12 bits per heavy atom. The van der Waals surface area contributed by atoms with Crippen LogP contribution in [0.3, 0.4) is 0 Å². The van der Waals surface area contributed by atoms with Gasteiger partial charge in [0.2, 0.25) is 0 Å². The normalized spacial score (nSPS) is 12.9. The lowest BCUT2D eigenvalue weighted by atomic mass is 9.91. The van der Waals surface area contributed by atoms with E-state index in [1.807, 2.05) is 30.3 Å². The van der Waals surface area contributed by atoms with Crippen LogP contribution in [0.15, 0.2) is 34.9 Å². The number of anilines is 1. The fourth-order valence-corrected chi connectivity index (χ4v) is 1.82. The van der Waals surface area contributed by atoms with Crippen molar-refractivity contribution in [3.8, 4) is 11.1 Å². The lowest BCUT2D eigenvalue weighted by molar-refractivity contribution is 0.341. The molecule has 90 valence electrons. The zero-order chi connectivity index (χ0) is 12.4. The Bertz CT molecular complexity index is 488. The molecule has 2 aromatic rings. The van der Waals surface area contributed by atoms with Crippen LogP contribution in [0, 0.1) is 5.92 Å². The van der Waals surface area contributed by atoms with Crippen LogP contribution in [-0.4, -0.2) is 5.16 Å². The minimum absolute atomic E-state index is 0.301. The Morgan fingerprint density at radius 2 is 1.76 bits per heavy atom. The summed E-state index contributed by atoms with van der Waals surface area (Å²) < 4.78 is 5.40. The van der Waals surface area contributed by atoms with Crippen LogP contribution in [0.25, 0.3) is 11.1 Å². The molecule has 1 aromatic carbocycles. The van der Waals surface area contributed by atoms with E-state index in [1.54, 1.807) is 0 Å². The molecule has 0 aliphatic rings. The lowest BCUT2D eigenvalue weighted by Gasteiger charge is -2.13. The van der Waals surface area contributed by atoms with Gasteiger partial charge in [-0.2, -0.15) is 0 Å². The zero-order valence-electron chi connectivity index (χ0n) is 10.5. The maximum Gasteiger partial charge on any atom is 0.175 e. The number of hydrogen-bond donors (Lipinski definition) is 1. The smallest absolute Gasteiger partial charge is 0.175 e. The second kappa shape index (κ2) is 4.62. The summed E-state index contributed by atoms with van der Waals surface area (Å²) in [4.78, 5) is 0. The minimum atomic E-state index is 0.301. The SMILES string of the molecule is CC(C)C(C)c1onc(N)c1-c1ccccc1. The van der Waals surface area contributed by atoms with Crippen molar-refractivity contribution in [2.24, 2.45) is 5.92 Å². The molecule has 1 aromatic heterocycles. The fraction of sp³-hybridized carbons (Fsp3) is 0.357. The van der Waals surface area contributed by atoms with E-state index in [2.05, 4.69) is 25.9 Å². The molecular weight excluding hydrogens is 212 g/mol. The fourth-order valence-electron chi connectivity index (χ4n) is 1.82. The van der Waals surface area contributed by atoms with Gasteiger partial charge in [-0.3, -0.25) is 0 Å². The first-order valence-electron chi connectivity index (χ1n) is 5.91. The van der Waals surface area contributed by atoms with Gasteiger partial charge in [0.1, 0.15) is 5.76 Å². The quantitative estimate of drug-likeness (QED) is 0.875. The van der Waals surface area contributed by atoms with Crippen molar-refractivity contribution in [2.75, 3.05) is 5.73 Å². The second-order valence-electron chi connectivity index (χ2n) is 4.71. The molecule has 0 spiro atoms. The molecule has 1 atom stereocenters. The third-order valence-electron chi connectivity index (χ3n) is 3.22. The predicted octanol–water partition coefficient (Wildman–Crippen LogP) is 3.68. The summed E-state index contributed by atoms with van der Waals surface area (Å²) in [5, 5.41) is 3.90. The molecule has 2 rings (SSSR count). The van der Waals surface area contributed by atoms with E-state index < -0.39 is 0 Å². The average molecular weight is 230 g/mol. The first-order valence-corrected chi connectivity index (χ1v) is 5.91. The third-order valence-corrected chi connectivity index (χ3v) is 3.22. The Kier molecular flexibility index (Phi) is 3.18. The summed E-state index contributed by atoms with van der Waals surface area (Å²) in [6.45, 7) is 6.47. The van der Waals surface area contributed by atoms with Crippen molar-refractivity contribution in [3.05, 3.63) is 36.1 Å². The molecule has 0 saturated carbocycles. The maximum absolute atomic E-state index is 5.91. The molecule has 3 heteroatoms. The summed E-state index contributed by atoms with van der Waals surface area (Å²) in [5.74, 6) is 2.14. The molecule has 17 heavy (non-hydrogen) atoms. The van der Waals surface area contributed by atoms with Crippen LogP contribution >= 0.6 is 0 Å². The van der Waals surface area contributed by atoms with Gasteiger partial charge < -0.3 is 10.3 Å². The van der Waals surface area contributed by atoms with Crippen molar-refractivity contribution in [3.63, 3.8) is 0 Å². The van der Waals surface area contributed by atoms with E-state index in [1.165, 1.54) is 0 Å². The van der Waals surface area contributed by atoms with Crippen LogP contribution in [-0.2, 0) is 0 Å². The molecule has 0 aliphatic carbocycles. The predicted molar refractivity (Wildman–Crippen MR) is 69.6 cm³/mol. The number of nitrogen functional groups attached to an aromatic ring is 1. The van der Waals surface area contributed by atoms with Crippen molar-refractivity contribution in [2.45, 2.75) is 26.7 Å². The maximum atomic E-state index is 5.91. The summed E-state index contributed by atoms with van der Waals surface area (Å²) in [6, 6.07) is 10.0. The molecule has 0 saturated heterocycles. The minimum Gasteiger partial charge on any atom is -0.380 e. The van der Waals surface area contributed by atoms with E-state index in [-0.39, 0.29) is 0 Å². The van der Waals surface area contributed by atoms with Crippen molar-refractivity contribution < 1.29 is 4.52 Å². The van der Waals surface area contributed by atoms with Crippen LogP contribution in [0.4, 0.5) is 5.82 Å². The van der Waals surface area contributed by atoms with Crippen LogP contribution in [0.2, 0.25) is 0 Å². The van der Waals surface area contributed by atoms with Gasteiger partial charge in [-0.1, -0.05) is 56.3 Å². The van der Waals surface area contributed by atoms with Gasteiger partial charge >= 0.3 is 0 Å². The second-order valence-corrected chi connectivity index (χ2v) is 4.71. The average Bonchev–Trinajstić information content (AvgIpc) is 2.71. The molecular formula is C14H18N2O. The zero-order valence-corrected chi connectivity index (χ0v) is 10.5. The highest BCUT2D eigenvalue weighted by Crippen LogP contribution is 2.36. The highest BCUT2D eigenvalue weighted by Gasteiger charge is 2.22. The summed E-state index contributed by atoms with van der Waals surface area (Å²) in [6.07, 6.45) is 0. The molecule has 0 fully saturated rings. The van der Waals surface area contributed by atoms with Crippen molar-refractivity contribution in [1.82, 2.24) is 5.16 Å². The van der Waals surface area contributed by atoms with Gasteiger partial charge in [-0.25, -0.2) is 0 Å². The Labute approximate surface area is 102 Å². The summed E-state index contributed by atoms with van der Waals surface area (Å²) in [7, 11) is 0. The third kappa shape index (κ3) is 2.18. The van der Waals surface area contributed by atoms with E-state index in [4.69, 9.17) is 10.3 Å². The first kappa shape index (κ1) is 11.7. The number of nitrogens with zero attached hydrogens (tertiary/aromatic N) is 1. The molecule has 1 heterocycles. The van der Waals surface area contributed by atoms with Gasteiger partial charge in [-0.15, -0.1) is 0 Å². The van der Waals surface area contributed by atoms with E-state index >= 15 is 0 Å². The Balaban J connectivity index is 2.51. The van der Waals surface area contributed by atoms with Crippen molar-refractivity contribution in [1.29, 1.82) is 0 Å². The highest BCUT2D eigenvalue weighted by molar-refractivity contribution is 5.75. The monoisotopic (exact) mass is 230 g/mol. The Morgan fingerprint density at radius 3 is 2.35 bits per heavy atom. The Hall–Kier alpha value is -1.77. The standard InChI is InChI=1S/C14H18N2O/c1-9(2)10(3)13-12(14(15)16-17-13)11-7-5-4-6-8-11/h4-10H,1-3H3,(H2,15,16). The van der Waals surface area contributed by atoms with Gasteiger partial charge in [0, 0.05) is 5.92 Å². The van der Waals surface area contributed by atoms with Crippen molar-refractivity contribution >= 4 is 5.82 Å². The van der Waals surface area contributed by atoms with Gasteiger partial charge in [0.25, 0.3) is 0 Å². The molecule has 3 nitrogen and oxygen atoms in total. The molecule has 2 N–H and O–H groups in total. The number of hydrogen-bond acceptors (Lipinski definition) is 3.